The minimum atomic E-state index is 0.554. The highest BCUT2D eigenvalue weighted by Crippen LogP contribution is 2.27. The molecule has 0 saturated carbocycles. The number of benzene rings is 1. The van der Waals surface area contributed by atoms with Crippen LogP contribution in [0.3, 0.4) is 0 Å². The van der Waals surface area contributed by atoms with Crippen molar-refractivity contribution >= 4 is 10.9 Å². The molecular weight excluding hydrogens is 202 g/mol. The number of hydrogen-bond acceptors (Lipinski definition) is 3. The van der Waals surface area contributed by atoms with Gasteiger partial charge in [-0.05, 0) is 24.6 Å². The van der Waals surface area contributed by atoms with Gasteiger partial charge >= 0.3 is 0 Å². The molecular formula is C12H11N3O. The molecule has 0 aliphatic carbocycles. The Hall–Kier alpha value is -2.10. The molecule has 0 N–H and O–H groups in total. The maximum absolute atomic E-state index is 5.23. The Labute approximate surface area is 92.5 Å². The molecule has 1 aromatic carbocycles. The smallest absolute Gasteiger partial charge is 0.264 e. The van der Waals surface area contributed by atoms with Gasteiger partial charge in [-0.25, -0.2) is 0 Å². The van der Waals surface area contributed by atoms with Crippen LogP contribution in [0.5, 0.6) is 0 Å². The summed E-state index contributed by atoms with van der Waals surface area (Å²) in [4.78, 5) is 0. The van der Waals surface area contributed by atoms with E-state index in [0.29, 0.717) is 5.89 Å². The number of aryl methyl sites for hydroxylation is 2. The van der Waals surface area contributed by atoms with Crippen molar-refractivity contribution in [2.45, 2.75) is 6.92 Å². The summed E-state index contributed by atoms with van der Waals surface area (Å²) in [5.74, 6) is 0.554. The first kappa shape index (κ1) is 9.15. The fourth-order valence-electron chi connectivity index (χ4n) is 2.00. The van der Waals surface area contributed by atoms with Crippen LogP contribution in [0, 0.1) is 6.92 Å². The lowest BCUT2D eigenvalue weighted by atomic mass is 10.1. The zero-order chi connectivity index (χ0) is 11.1. The topological polar surface area (TPSA) is 43.9 Å². The normalized spacial score (nSPS) is 11.1. The molecule has 4 heteroatoms. The number of rotatable bonds is 1. The van der Waals surface area contributed by atoms with Crippen molar-refractivity contribution < 1.29 is 4.42 Å². The second-order valence-corrected chi connectivity index (χ2v) is 3.84. The van der Waals surface area contributed by atoms with Crippen molar-refractivity contribution in [3.8, 4) is 11.6 Å². The first-order valence-corrected chi connectivity index (χ1v) is 5.09. The second kappa shape index (κ2) is 3.20. The van der Waals surface area contributed by atoms with Crippen LogP contribution in [0.25, 0.3) is 22.5 Å². The fourth-order valence-corrected chi connectivity index (χ4v) is 2.00. The first-order chi connectivity index (χ1) is 7.77. The van der Waals surface area contributed by atoms with Gasteiger partial charge in [-0.2, -0.15) is 0 Å². The monoisotopic (exact) mass is 213 g/mol. The van der Waals surface area contributed by atoms with Gasteiger partial charge in [0.2, 0.25) is 6.39 Å². The summed E-state index contributed by atoms with van der Waals surface area (Å²) in [6.07, 6.45) is 1.35. The Morgan fingerprint density at radius 3 is 2.88 bits per heavy atom. The SMILES string of the molecule is Cc1cccc2c1cc(-c1nnco1)n2C. The minimum absolute atomic E-state index is 0.554. The second-order valence-electron chi connectivity index (χ2n) is 3.84. The van der Waals surface area contributed by atoms with E-state index in [0.717, 1.165) is 5.69 Å². The average molecular weight is 213 g/mol. The van der Waals surface area contributed by atoms with Crippen LogP contribution in [-0.4, -0.2) is 14.8 Å². The minimum Gasteiger partial charge on any atom is -0.422 e. The van der Waals surface area contributed by atoms with Crippen LogP contribution in [0.4, 0.5) is 0 Å². The Bertz CT molecular complexity index is 638. The van der Waals surface area contributed by atoms with E-state index in [2.05, 4.69) is 46.0 Å². The number of nitrogens with zero attached hydrogens (tertiary/aromatic N) is 3. The summed E-state index contributed by atoms with van der Waals surface area (Å²) in [6.45, 7) is 2.10. The van der Waals surface area contributed by atoms with E-state index in [9.17, 15) is 0 Å². The van der Waals surface area contributed by atoms with Crippen molar-refractivity contribution in [1.29, 1.82) is 0 Å². The van der Waals surface area contributed by atoms with E-state index in [-0.39, 0.29) is 0 Å². The van der Waals surface area contributed by atoms with Crippen molar-refractivity contribution in [2.75, 3.05) is 0 Å². The van der Waals surface area contributed by atoms with Gasteiger partial charge in [0.1, 0.15) is 5.69 Å². The van der Waals surface area contributed by atoms with Gasteiger partial charge < -0.3 is 8.98 Å². The molecule has 16 heavy (non-hydrogen) atoms. The van der Waals surface area contributed by atoms with E-state index >= 15 is 0 Å². The van der Waals surface area contributed by atoms with Crippen LogP contribution in [0.1, 0.15) is 5.56 Å². The van der Waals surface area contributed by atoms with Gasteiger partial charge in [0, 0.05) is 18.0 Å². The molecule has 0 saturated heterocycles. The first-order valence-electron chi connectivity index (χ1n) is 5.09. The van der Waals surface area contributed by atoms with Crippen LogP contribution in [0.15, 0.2) is 35.1 Å². The standard InChI is InChI=1S/C12H11N3O/c1-8-4-3-5-10-9(8)6-11(15(10)2)12-14-13-7-16-12/h3-7H,1-2H3. The predicted octanol–water partition coefficient (Wildman–Crippen LogP) is 2.54. The molecule has 2 heterocycles. The Balaban J connectivity index is 2.36. The van der Waals surface area contributed by atoms with Crippen molar-refractivity contribution in [1.82, 2.24) is 14.8 Å². The maximum atomic E-state index is 5.23. The van der Waals surface area contributed by atoms with Gasteiger partial charge in [-0.3, -0.25) is 0 Å². The van der Waals surface area contributed by atoms with Gasteiger partial charge in [0.25, 0.3) is 5.89 Å². The van der Waals surface area contributed by atoms with E-state index in [1.54, 1.807) is 0 Å². The summed E-state index contributed by atoms with van der Waals surface area (Å²) < 4.78 is 7.29. The molecule has 80 valence electrons. The lowest BCUT2D eigenvalue weighted by Gasteiger charge is -1.99. The molecule has 0 aliphatic heterocycles. The summed E-state index contributed by atoms with van der Waals surface area (Å²) in [5.41, 5.74) is 3.37. The number of aromatic nitrogens is 3. The van der Waals surface area contributed by atoms with Crippen molar-refractivity contribution in [3.63, 3.8) is 0 Å². The molecule has 0 fully saturated rings. The summed E-state index contributed by atoms with van der Waals surface area (Å²) in [7, 11) is 2.00. The molecule has 3 aromatic rings. The molecule has 0 bridgehead atoms. The highest BCUT2D eigenvalue weighted by atomic mass is 16.4. The molecule has 3 rings (SSSR count). The molecule has 0 radical (unpaired) electrons. The Morgan fingerprint density at radius 1 is 1.31 bits per heavy atom. The van der Waals surface area contributed by atoms with E-state index in [1.165, 1.54) is 22.9 Å². The Kier molecular flexibility index (Phi) is 1.83. The van der Waals surface area contributed by atoms with Crippen molar-refractivity contribution in [2.24, 2.45) is 7.05 Å². The van der Waals surface area contributed by atoms with Gasteiger partial charge in [-0.15, -0.1) is 10.2 Å². The Morgan fingerprint density at radius 2 is 2.19 bits per heavy atom. The predicted molar refractivity (Wildman–Crippen MR) is 60.9 cm³/mol. The van der Waals surface area contributed by atoms with Crippen molar-refractivity contribution in [3.05, 3.63) is 36.2 Å². The van der Waals surface area contributed by atoms with Gasteiger partial charge in [0.15, 0.2) is 0 Å². The molecule has 4 nitrogen and oxygen atoms in total. The molecule has 0 aliphatic rings. The summed E-state index contributed by atoms with van der Waals surface area (Å²) >= 11 is 0. The lowest BCUT2D eigenvalue weighted by molar-refractivity contribution is 0.564. The zero-order valence-corrected chi connectivity index (χ0v) is 9.14. The third kappa shape index (κ3) is 1.16. The summed E-state index contributed by atoms with van der Waals surface area (Å²) in [5, 5.41) is 8.86. The van der Waals surface area contributed by atoms with Gasteiger partial charge in [-0.1, -0.05) is 12.1 Å². The fraction of sp³-hybridized carbons (Fsp3) is 0.167. The molecule has 0 amide bonds. The van der Waals surface area contributed by atoms with Crippen LogP contribution < -0.4 is 0 Å². The largest absolute Gasteiger partial charge is 0.422 e. The molecule has 2 aromatic heterocycles. The van der Waals surface area contributed by atoms with Crippen LogP contribution in [0.2, 0.25) is 0 Å². The van der Waals surface area contributed by atoms with E-state index < -0.39 is 0 Å². The zero-order valence-electron chi connectivity index (χ0n) is 9.14. The molecule has 0 atom stereocenters. The van der Waals surface area contributed by atoms with Gasteiger partial charge in [0.05, 0.1) is 0 Å². The maximum Gasteiger partial charge on any atom is 0.264 e. The highest BCUT2D eigenvalue weighted by Gasteiger charge is 2.12. The van der Waals surface area contributed by atoms with Crippen LogP contribution >= 0.6 is 0 Å². The number of hydrogen-bond donors (Lipinski definition) is 0. The summed E-state index contributed by atoms with van der Waals surface area (Å²) in [6, 6.07) is 8.32. The van der Waals surface area contributed by atoms with E-state index in [1.807, 2.05) is 7.05 Å². The number of fused-ring (bicyclic) bond motifs is 1. The lowest BCUT2D eigenvalue weighted by Crippen LogP contribution is -1.91. The quantitative estimate of drug-likeness (QED) is 0.624. The van der Waals surface area contributed by atoms with E-state index in [4.69, 9.17) is 4.42 Å². The third-order valence-electron chi connectivity index (χ3n) is 2.88. The van der Waals surface area contributed by atoms with Crippen LogP contribution in [-0.2, 0) is 7.05 Å². The third-order valence-corrected chi connectivity index (χ3v) is 2.88. The molecule has 0 spiro atoms. The average Bonchev–Trinajstić information content (AvgIpc) is 2.88. The highest BCUT2D eigenvalue weighted by molar-refractivity contribution is 5.88. The molecule has 0 unspecified atom stereocenters.